The van der Waals surface area contributed by atoms with E-state index in [1.54, 1.807) is 12.1 Å². The van der Waals surface area contributed by atoms with Gasteiger partial charge in [0.05, 0.1) is 0 Å². The fraction of sp³-hybridized carbons (Fsp3) is 0.320. The molecule has 0 atom stereocenters. The van der Waals surface area contributed by atoms with E-state index in [0.29, 0.717) is 5.75 Å². The minimum Gasteiger partial charge on any atom is -0.427 e. The molecule has 0 radical (unpaired) electrons. The van der Waals surface area contributed by atoms with Crippen molar-refractivity contribution in [1.82, 2.24) is 9.97 Å². The molecule has 3 aromatic rings. The number of aromatic nitrogens is 2. The SMILES string of the molecule is CCCCCCCc1ccc(-c2ncc(-c3ccc(OC(C)=O)cc3)cn2)cc1. The van der Waals surface area contributed by atoms with Crippen LogP contribution in [0.25, 0.3) is 22.5 Å². The summed E-state index contributed by atoms with van der Waals surface area (Å²) in [7, 11) is 0. The van der Waals surface area contributed by atoms with Gasteiger partial charge >= 0.3 is 5.97 Å². The Morgan fingerprint density at radius 2 is 1.41 bits per heavy atom. The fourth-order valence-electron chi connectivity index (χ4n) is 3.26. The van der Waals surface area contributed by atoms with Gasteiger partial charge in [-0.1, -0.05) is 69.0 Å². The van der Waals surface area contributed by atoms with E-state index in [1.807, 2.05) is 24.5 Å². The summed E-state index contributed by atoms with van der Waals surface area (Å²) < 4.78 is 5.06. The number of nitrogens with zero attached hydrogens (tertiary/aromatic N) is 2. The van der Waals surface area contributed by atoms with Crippen molar-refractivity contribution in [2.24, 2.45) is 0 Å². The first-order chi connectivity index (χ1) is 14.2. The van der Waals surface area contributed by atoms with Crippen LogP contribution in [0.15, 0.2) is 60.9 Å². The minimum atomic E-state index is -0.326. The Morgan fingerprint density at radius 3 is 2.03 bits per heavy atom. The molecule has 29 heavy (non-hydrogen) atoms. The Kier molecular flexibility index (Phi) is 7.51. The molecule has 1 aromatic heterocycles. The predicted octanol–water partition coefficient (Wildman–Crippen LogP) is 6.25. The second-order valence-corrected chi connectivity index (χ2v) is 7.27. The molecule has 0 aliphatic carbocycles. The molecule has 1 heterocycles. The first kappa shape index (κ1) is 20.7. The van der Waals surface area contributed by atoms with Crippen LogP contribution in [0.5, 0.6) is 5.75 Å². The molecular formula is C25H28N2O2. The fourth-order valence-corrected chi connectivity index (χ4v) is 3.26. The van der Waals surface area contributed by atoms with Gasteiger partial charge in [0.2, 0.25) is 0 Å². The van der Waals surface area contributed by atoms with Crippen molar-refractivity contribution in [1.29, 1.82) is 0 Å². The van der Waals surface area contributed by atoms with Crippen LogP contribution < -0.4 is 4.74 Å². The number of carbonyl (C=O) groups excluding carboxylic acids is 1. The highest BCUT2D eigenvalue weighted by Crippen LogP contribution is 2.23. The molecule has 0 amide bonds. The molecule has 0 saturated heterocycles. The zero-order valence-electron chi connectivity index (χ0n) is 17.2. The lowest BCUT2D eigenvalue weighted by atomic mass is 10.0. The normalized spacial score (nSPS) is 10.7. The molecule has 0 spiro atoms. The Bertz CT molecular complexity index is 901. The van der Waals surface area contributed by atoms with Gasteiger partial charge in [-0.15, -0.1) is 0 Å². The molecule has 0 N–H and O–H groups in total. The van der Waals surface area contributed by atoms with Crippen molar-refractivity contribution in [2.45, 2.75) is 52.4 Å². The molecule has 0 bridgehead atoms. The lowest BCUT2D eigenvalue weighted by Gasteiger charge is -2.06. The maximum atomic E-state index is 11.0. The Labute approximate surface area is 173 Å². The van der Waals surface area contributed by atoms with E-state index in [-0.39, 0.29) is 5.97 Å². The zero-order chi connectivity index (χ0) is 20.5. The van der Waals surface area contributed by atoms with Gasteiger partial charge in [-0.3, -0.25) is 4.79 Å². The molecule has 0 unspecified atom stereocenters. The predicted molar refractivity (Wildman–Crippen MR) is 117 cm³/mol. The van der Waals surface area contributed by atoms with Crippen molar-refractivity contribution < 1.29 is 9.53 Å². The third kappa shape index (κ3) is 6.24. The molecule has 0 saturated carbocycles. The van der Waals surface area contributed by atoms with Crippen molar-refractivity contribution in [3.8, 4) is 28.3 Å². The van der Waals surface area contributed by atoms with Gasteiger partial charge in [0.15, 0.2) is 5.82 Å². The number of esters is 1. The van der Waals surface area contributed by atoms with E-state index in [1.165, 1.54) is 44.6 Å². The van der Waals surface area contributed by atoms with E-state index < -0.39 is 0 Å². The minimum absolute atomic E-state index is 0.326. The summed E-state index contributed by atoms with van der Waals surface area (Å²) in [6, 6.07) is 15.9. The molecular weight excluding hydrogens is 360 g/mol. The number of unbranched alkanes of at least 4 members (excludes halogenated alkanes) is 4. The highest BCUT2D eigenvalue weighted by molar-refractivity contribution is 5.70. The largest absolute Gasteiger partial charge is 0.427 e. The van der Waals surface area contributed by atoms with E-state index in [2.05, 4.69) is 41.2 Å². The van der Waals surface area contributed by atoms with Gasteiger partial charge in [-0.25, -0.2) is 9.97 Å². The quantitative estimate of drug-likeness (QED) is 0.247. The Balaban J connectivity index is 1.60. The second kappa shape index (κ2) is 10.5. The van der Waals surface area contributed by atoms with Gasteiger partial charge in [0.1, 0.15) is 5.75 Å². The first-order valence-corrected chi connectivity index (χ1v) is 10.4. The number of benzene rings is 2. The third-order valence-electron chi connectivity index (χ3n) is 4.88. The topological polar surface area (TPSA) is 52.1 Å². The number of hydrogen-bond acceptors (Lipinski definition) is 4. The van der Waals surface area contributed by atoms with Crippen LogP contribution in [0.1, 0.15) is 51.5 Å². The molecule has 3 rings (SSSR count). The summed E-state index contributed by atoms with van der Waals surface area (Å²) in [5.41, 5.74) is 4.30. The molecule has 4 heteroatoms. The van der Waals surface area contributed by atoms with Crippen molar-refractivity contribution in [3.05, 3.63) is 66.5 Å². The highest BCUT2D eigenvalue weighted by Gasteiger charge is 2.05. The van der Waals surface area contributed by atoms with Crippen LogP contribution >= 0.6 is 0 Å². The standard InChI is InChI=1S/C25H28N2O2/c1-3-4-5-6-7-8-20-9-11-22(12-10-20)25-26-17-23(18-27-25)21-13-15-24(16-14-21)29-19(2)28/h9-18H,3-8H2,1-2H3. The average molecular weight is 389 g/mol. The molecule has 0 aliphatic heterocycles. The summed E-state index contributed by atoms with van der Waals surface area (Å²) >= 11 is 0. The van der Waals surface area contributed by atoms with E-state index in [9.17, 15) is 4.79 Å². The van der Waals surface area contributed by atoms with Gasteiger partial charge in [0.25, 0.3) is 0 Å². The number of rotatable bonds is 9. The van der Waals surface area contributed by atoms with Gasteiger partial charge in [-0.2, -0.15) is 0 Å². The smallest absolute Gasteiger partial charge is 0.308 e. The van der Waals surface area contributed by atoms with Crippen LogP contribution in [-0.2, 0) is 11.2 Å². The zero-order valence-corrected chi connectivity index (χ0v) is 17.2. The maximum absolute atomic E-state index is 11.0. The molecule has 2 aromatic carbocycles. The molecule has 150 valence electrons. The lowest BCUT2D eigenvalue weighted by molar-refractivity contribution is -0.131. The van der Waals surface area contributed by atoms with Crippen LogP contribution in [0.3, 0.4) is 0 Å². The van der Waals surface area contributed by atoms with Gasteiger partial charge in [-0.05, 0) is 36.1 Å². The summed E-state index contributed by atoms with van der Waals surface area (Å²) in [6.45, 7) is 3.63. The molecule has 4 nitrogen and oxygen atoms in total. The summed E-state index contributed by atoms with van der Waals surface area (Å²) in [5.74, 6) is 0.928. The summed E-state index contributed by atoms with van der Waals surface area (Å²) in [6.07, 6.45) is 11.3. The van der Waals surface area contributed by atoms with Crippen LogP contribution in [-0.4, -0.2) is 15.9 Å². The first-order valence-electron chi connectivity index (χ1n) is 10.4. The highest BCUT2D eigenvalue weighted by atomic mass is 16.5. The third-order valence-corrected chi connectivity index (χ3v) is 4.88. The Hall–Kier alpha value is -3.01. The number of carbonyl (C=O) groups is 1. The lowest BCUT2D eigenvalue weighted by Crippen LogP contribution is -2.00. The molecule has 0 aliphatic rings. The summed E-state index contributed by atoms with van der Waals surface area (Å²) in [4.78, 5) is 20.1. The van der Waals surface area contributed by atoms with Crippen LogP contribution in [0, 0.1) is 0 Å². The average Bonchev–Trinajstić information content (AvgIpc) is 2.74. The monoisotopic (exact) mass is 388 g/mol. The van der Waals surface area contributed by atoms with Crippen molar-refractivity contribution in [2.75, 3.05) is 0 Å². The van der Waals surface area contributed by atoms with Gasteiger partial charge in [0, 0.05) is 30.4 Å². The van der Waals surface area contributed by atoms with Crippen molar-refractivity contribution >= 4 is 5.97 Å². The second-order valence-electron chi connectivity index (χ2n) is 7.27. The van der Waals surface area contributed by atoms with E-state index in [0.717, 1.165) is 28.9 Å². The summed E-state index contributed by atoms with van der Waals surface area (Å²) in [5, 5.41) is 0. The van der Waals surface area contributed by atoms with Crippen LogP contribution in [0.2, 0.25) is 0 Å². The van der Waals surface area contributed by atoms with E-state index in [4.69, 9.17) is 4.74 Å². The van der Waals surface area contributed by atoms with E-state index >= 15 is 0 Å². The number of hydrogen-bond donors (Lipinski definition) is 0. The van der Waals surface area contributed by atoms with Gasteiger partial charge < -0.3 is 4.74 Å². The number of aryl methyl sites for hydroxylation is 1. The molecule has 0 fully saturated rings. The number of ether oxygens (including phenoxy) is 1. The van der Waals surface area contributed by atoms with Crippen LogP contribution in [0.4, 0.5) is 0 Å². The Morgan fingerprint density at radius 1 is 0.793 bits per heavy atom. The maximum Gasteiger partial charge on any atom is 0.308 e. The van der Waals surface area contributed by atoms with Crippen molar-refractivity contribution in [3.63, 3.8) is 0 Å².